The molecule has 3 rings (SSSR count). The van der Waals surface area contributed by atoms with Crippen molar-refractivity contribution in [3.8, 4) is 11.3 Å². The lowest BCUT2D eigenvalue weighted by Crippen LogP contribution is -1.77. The third-order valence-corrected chi connectivity index (χ3v) is 2.44. The Bertz CT molecular complexity index is 549. The Labute approximate surface area is 87.6 Å². The Balaban J connectivity index is 2.21. The Morgan fingerprint density at radius 2 is 2.27 bits per heavy atom. The van der Waals surface area contributed by atoms with Gasteiger partial charge in [-0.1, -0.05) is 6.07 Å². The summed E-state index contributed by atoms with van der Waals surface area (Å²) in [5.41, 5.74) is 3.33. The lowest BCUT2D eigenvalue weighted by Gasteiger charge is -1.94. The molecule has 1 radical (unpaired) electrons. The van der Waals surface area contributed by atoms with Gasteiger partial charge in [-0.25, -0.2) is 0 Å². The molecule has 2 aromatic heterocycles. The van der Waals surface area contributed by atoms with Gasteiger partial charge in [-0.15, -0.1) is 0 Å². The lowest BCUT2D eigenvalue weighted by atomic mass is 10.2. The number of hydrogen-bond acceptors (Lipinski definition) is 1. The fourth-order valence-corrected chi connectivity index (χ4v) is 1.69. The first-order chi connectivity index (χ1) is 7.43. The van der Waals surface area contributed by atoms with Crippen molar-refractivity contribution in [1.29, 1.82) is 0 Å². The van der Waals surface area contributed by atoms with Crippen LogP contribution in [0.5, 0.6) is 0 Å². The highest BCUT2D eigenvalue weighted by Crippen LogP contribution is 2.22. The molecule has 0 aliphatic carbocycles. The first-order valence-corrected chi connectivity index (χ1v) is 4.83. The summed E-state index contributed by atoms with van der Waals surface area (Å²) in [6.45, 7) is 0. The second-order valence-corrected chi connectivity index (χ2v) is 3.44. The van der Waals surface area contributed by atoms with Gasteiger partial charge in [0.25, 0.3) is 0 Å². The molecule has 0 unspecified atom stereocenters. The summed E-state index contributed by atoms with van der Waals surface area (Å²) in [4.78, 5) is 7.46. The van der Waals surface area contributed by atoms with Crippen molar-refractivity contribution < 1.29 is 0 Å². The summed E-state index contributed by atoms with van der Waals surface area (Å²) in [5, 5.41) is 1.18. The van der Waals surface area contributed by atoms with E-state index in [-0.39, 0.29) is 0 Å². The van der Waals surface area contributed by atoms with Crippen molar-refractivity contribution in [2.45, 2.75) is 0 Å². The van der Waals surface area contributed by atoms with Crippen molar-refractivity contribution >= 4 is 10.9 Å². The van der Waals surface area contributed by atoms with E-state index in [1.807, 2.05) is 36.5 Å². The predicted molar refractivity (Wildman–Crippen MR) is 60.4 cm³/mol. The summed E-state index contributed by atoms with van der Waals surface area (Å²) in [7, 11) is 0. The highest BCUT2D eigenvalue weighted by atomic mass is 14.7. The van der Waals surface area contributed by atoms with Crippen molar-refractivity contribution in [2.75, 3.05) is 0 Å². The van der Waals surface area contributed by atoms with Gasteiger partial charge in [0.15, 0.2) is 0 Å². The van der Waals surface area contributed by atoms with Gasteiger partial charge < -0.3 is 4.98 Å². The standard InChI is InChI=1S/C13H9N2/c1-2-6-12-10(4-1)8-13(15-12)11-5-3-7-14-9-11/h2-9,15H. The minimum Gasteiger partial charge on any atom is -0.354 e. The van der Waals surface area contributed by atoms with Crippen molar-refractivity contribution in [1.82, 2.24) is 9.97 Å². The van der Waals surface area contributed by atoms with Crippen LogP contribution in [0.2, 0.25) is 0 Å². The Hall–Kier alpha value is -2.09. The number of pyridine rings is 1. The monoisotopic (exact) mass is 193 g/mol. The maximum Gasteiger partial charge on any atom is 0.0480 e. The van der Waals surface area contributed by atoms with Gasteiger partial charge in [-0.05, 0) is 36.4 Å². The average Bonchev–Trinajstić information content (AvgIpc) is 2.74. The van der Waals surface area contributed by atoms with E-state index >= 15 is 0 Å². The van der Waals surface area contributed by atoms with E-state index < -0.39 is 0 Å². The number of H-pyrrole nitrogens is 1. The lowest BCUT2D eigenvalue weighted by molar-refractivity contribution is 1.31. The van der Waals surface area contributed by atoms with Crippen LogP contribution in [0.3, 0.4) is 0 Å². The smallest absolute Gasteiger partial charge is 0.0480 e. The van der Waals surface area contributed by atoms with Crippen LogP contribution in [0.1, 0.15) is 0 Å². The molecule has 71 valence electrons. The van der Waals surface area contributed by atoms with Crippen molar-refractivity contribution in [2.24, 2.45) is 0 Å². The van der Waals surface area contributed by atoms with E-state index in [1.165, 1.54) is 5.39 Å². The van der Waals surface area contributed by atoms with Crippen molar-refractivity contribution in [3.63, 3.8) is 0 Å². The molecule has 0 saturated carbocycles. The minimum atomic E-state index is 1.10. The van der Waals surface area contributed by atoms with Crippen molar-refractivity contribution in [3.05, 3.63) is 54.9 Å². The quantitative estimate of drug-likeness (QED) is 0.632. The molecule has 0 saturated heterocycles. The number of hydrogen-bond donors (Lipinski definition) is 1. The highest BCUT2D eigenvalue weighted by Gasteiger charge is 2.01. The van der Waals surface area contributed by atoms with E-state index in [2.05, 4.69) is 22.1 Å². The largest absolute Gasteiger partial charge is 0.354 e. The molecule has 0 fully saturated rings. The Kier molecular flexibility index (Phi) is 1.78. The molecule has 2 nitrogen and oxygen atoms in total. The topological polar surface area (TPSA) is 28.7 Å². The second kappa shape index (κ2) is 3.24. The Morgan fingerprint density at radius 3 is 3.07 bits per heavy atom. The van der Waals surface area contributed by atoms with Crippen LogP contribution in [0, 0.1) is 6.07 Å². The first-order valence-electron chi connectivity index (χ1n) is 4.83. The van der Waals surface area contributed by atoms with Gasteiger partial charge in [-0.2, -0.15) is 0 Å². The number of fused-ring (bicyclic) bond motifs is 1. The normalized spacial score (nSPS) is 10.7. The molecule has 0 aliphatic heterocycles. The fraction of sp³-hybridized carbons (Fsp3) is 0. The number of rotatable bonds is 1. The zero-order valence-electron chi connectivity index (χ0n) is 8.07. The van der Waals surface area contributed by atoms with Crippen LogP contribution in [0.15, 0.2) is 48.8 Å². The molecule has 3 aromatic rings. The van der Waals surface area contributed by atoms with Crippen LogP contribution < -0.4 is 0 Å². The summed E-state index contributed by atoms with van der Waals surface area (Å²) in [6.07, 6.45) is 3.63. The molecule has 0 spiro atoms. The van der Waals surface area contributed by atoms with Crippen LogP contribution in [-0.2, 0) is 0 Å². The minimum absolute atomic E-state index is 1.10. The third kappa shape index (κ3) is 1.40. The molecule has 0 atom stereocenters. The van der Waals surface area contributed by atoms with Gasteiger partial charge in [0.2, 0.25) is 0 Å². The van der Waals surface area contributed by atoms with Gasteiger partial charge in [0, 0.05) is 34.6 Å². The zero-order chi connectivity index (χ0) is 10.1. The fourth-order valence-electron chi connectivity index (χ4n) is 1.69. The van der Waals surface area contributed by atoms with E-state index in [4.69, 9.17) is 0 Å². The van der Waals surface area contributed by atoms with Gasteiger partial charge >= 0.3 is 0 Å². The summed E-state index contributed by atoms with van der Waals surface area (Å²) in [6, 6.07) is 15.1. The molecular weight excluding hydrogens is 184 g/mol. The molecular formula is C13H9N2. The van der Waals surface area contributed by atoms with Gasteiger partial charge in [0.1, 0.15) is 0 Å². The van der Waals surface area contributed by atoms with E-state index in [0.29, 0.717) is 0 Å². The summed E-state index contributed by atoms with van der Waals surface area (Å²) in [5.74, 6) is 0. The van der Waals surface area contributed by atoms with E-state index in [9.17, 15) is 0 Å². The molecule has 2 heteroatoms. The number of nitrogens with one attached hydrogen (secondary N) is 1. The number of nitrogens with zero attached hydrogens (tertiary/aromatic N) is 1. The third-order valence-electron chi connectivity index (χ3n) is 2.44. The molecule has 1 aromatic carbocycles. The number of aromatic amines is 1. The average molecular weight is 193 g/mol. The number of benzene rings is 1. The van der Waals surface area contributed by atoms with E-state index in [0.717, 1.165) is 16.8 Å². The molecule has 15 heavy (non-hydrogen) atoms. The molecule has 0 aliphatic rings. The van der Waals surface area contributed by atoms with E-state index in [1.54, 1.807) is 6.20 Å². The van der Waals surface area contributed by atoms with Gasteiger partial charge in [0.05, 0.1) is 0 Å². The van der Waals surface area contributed by atoms with Crippen LogP contribution in [-0.4, -0.2) is 9.97 Å². The highest BCUT2D eigenvalue weighted by molar-refractivity contribution is 5.85. The first kappa shape index (κ1) is 8.24. The maximum absolute atomic E-state index is 4.10. The summed E-state index contributed by atoms with van der Waals surface area (Å²) >= 11 is 0. The van der Waals surface area contributed by atoms with Gasteiger partial charge in [-0.3, -0.25) is 4.98 Å². The maximum atomic E-state index is 4.10. The van der Waals surface area contributed by atoms with Crippen LogP contribution >= 0.6 is 0 Å². The molecule has 0 bridgehead atoms. The van der Waals surface area contributed by atoms with Crippen LogP contribution in [0.25, 0.3) is 22.2 Å². The number of aromatic nitrogens is 2. The molecule has 1 N–H and O–H groups in total. The predicted octanol–water partition coefficient (Wildman–Crippen LogP) is 3.03. The second-order valence-electron chi connectivity index (χ2n) is 3.44. The molecule has 0 amide bonds. The SMILES string of the molecule is [c]1ccc2[nH]c(-c3cccnc3)cc2c1. The Morgan fingerprint density at radius 1 is 1.27 bits per heavy atom. The summed E-state index contributed by atoms with van der Waals surface area (Å²) < 4.78 is 0. The van der Waals surface area contributed by atoms with Crippen LogP contribution in [0.4, 0.5) is 0 Å². The zero-order valence-corrected chi connectivity index (χ0v) is 8.07. The molecule has 2 heterocycles.